The summed E-state index contributed by atoms with van der Waals surface area (Å²) in [5.41, 5.74) is 1.29. The quantitative estimate of drug-likeness (QED) is 0.780. The summed E-state index contributed by atoms with van der Waals surface area (Å²) in [7, 11) is 0. The van der Waals surface area contributed by atoms with Crippen molar-refractivity contribution in [2.75, 3.05) is 6.54 Å². The number of rotatable bonds is 7. The first-order chi connectivity index (χ1) is 10.2. The minimum Gasteiger partial charge on any atom is -0.490 e. The van der Waals surface area contributed by atoms with E-state index in [-0.39, 0.29) is 0 Å². The van der Waals surface area contributed by atoms with Gasteiger partial charge in [0.15, 0.2) is 0 Å². The van der Waals surface area contributed by atoms with Crippen molar-refractivity contribution in [3.05, 3.63) is 29.8 Å². The van der Waals surface area contributed by atoms with Crippen LogP contribution in [0.25, 0.3) is 0 Å². The normalized spacial score (nSPS) is 22.5. The molecule has 1 aliphatic rings. The van der Waals surface area contributed by atoms with Crippen LogP contribution in [0.4, 0.5) is 0 Å². The zero-order valence-electron chi connectivity index (χ0n) is 13.9. The van der Waals surface area contributed by atoms with Crippen molar-refractivity contribution in [3.63, 3.8) is 0 Å². The third-order valence-electron chi connectivity index (χ3n) is 4.48. The maximum atomic E-state index is 6.41. The summed E-state index contributed by atoms with van der Waals surface area (Å²) >= 11 is 0. The van der Waals surface area contributed by atoms with E-state index in [4.69, 9.17) is 4.74 Å². The van der Waals surface area contributed by atoms with Gasteiger partial charge in [-0.05, 0) is 50.1 Å². The second kappa shape index (κ2) is 8.43. The third kappa shape index (κ3) is 5.03. The van der Waals surface area contributed by atoms with Crippen molar-refractivity contribution >= 4 is 0 Å². The van der Waals surface area contributed by atoms with Crippen LogP contribution in [0.3, 0.4) is 0 Å². The van der Waals surface area contributed by atoms with Crippen molar-refractivity contribution in [3.8, 4) is 5.75 Å². The molecule has 21 heavy (non-hydrogen) atoms. The van der Waals surface area contributed by atoms with Gasteiger partial charge in [0, 0.05) is 12.1 Å². The van der Waals surface area contributed by atoms with Crippen LogP contribution in [0.2, 0.25) is 0 Å². The average Bonchev–Trinajstić information content (AvgIpc) is 2.49. The summed E-state index contributed by atoms with van der Waals surface area (Å²) in [5.74, 6) is 2.50. The van der Waals surface area contributed by atoms with Crippen LogP contribution in [-0.2, 0) is 6.54 Å². The van der Waals surface area contributed by atoms with E-state index in [2.05, 4.69) is 50.4 Å². The Kier molecular flexibility index (Phi) is 6.56. The Morgan fingerprint density at radius 1 is 1.19 bits per heavy atom. The molecule has 0 bridgehead atoms. The van der Waals surface area contributed by atoms with Crippen molar-refractivity contribution in [1.29, 1.82) is 0 Å². The first-order valence-electron chi connectivity index (χ1n) is 8.66. The molecule has 0 spiro atoms. The lowest BCUT2D eigenvalue weighted by Crippen LogP contribution is -2.30. The van der Waals surface area contributed by atoms with Gasteiger partial charge in [0.2, 0.25) is 0 Å². The first-order valence-corrected chi connectivity index (χ1v) is 8.66. The average molecular weight is 289 g/mol. The van der Waals surface area contributed by atoms with Gasteiger partial charge in [-0.1, -0.05) is 45.4 Å². The summed E-state index contributed by atoms with van der Waals surface area (Å²) < 4.78 is 6.41. The number of hydrogen-bond donors (Lipinski definition) is 1. The molecule has 2 unspecified atom stereocenters. The lowest BCUT2D eigenvalue weighted by atomic mass is 9.84. The highest BCUT2D eigenvalue weighted by molar-refractivity contribution is 5.33. The minimum atomic E-state index is 0.412. The van der Waals surface area contributed by atoms with Gasteiger partial charge in [-0.3, -0.25) is 0 Å². The fourth-order valence-corrected chi connectivity index (χ4v) is 3.22. The first kappa shape index (κ1) is 16.4. The van der Waals surface area contributed by atoms with Gasteiger partial charge >= 0.3 is 0 Å². The Morgan fingerprint density at radius 3 is 2.71 bits per heavy atom. The van der Waals surface area contributed by atoms with Gasteiger partial charge in [0.1, 0.15) is 11.9 Å². The van der Waals surface area contributed by atoms with Crippen LogP contribution < -0.4 is 10.1 Å². The van der Waals surface area contributed by atoms with Crippen LogP contribution in [0.15, 0.2) is 24.3 Å². The molecule has 2 nitrogen and oxygen atoms in total. The van der Waals surface area contributed by atoms with E-state index in [1.807, 2.05) is 0 Å². The Morgan fingerprint density at radius 2 is 1.95 bits per heavy atom. The highest BCUT2D eigenvalue weighted by Crippen LogP contribution is 2.31. The number of ether oxygens (including phenoxy) is 1. The monoisotopic (exact) mass is 289 g/mol. The van der Waals surface area contributed by atoms with Crippen molar-refractivity contribution in [2.45, 2.75) is 65.5 Å². The molecular formula is C19H31NO. The maximum Gasteiger partial charge on any atom is 0.124 e. The molecule has 0 amide bonds. The highest BCUT2D eigenvalue weighted by atomic mass is 16.5. The molecule has 0 aromatic heterocycles. The molecule has 1 aromatic carbocycles. The van der Waals surface area contributed by atoms with Crippen LogP contribution in [-0.4, -0.2) is 12.6 Å². The van der Waals surface area contributed by atoms with E-state index in [1.54, 1.807) is 0 Å². The molecule has 0 aliphatic heterocycles. The standard InChI is InChI=1S/C19H31NO/c1-4-16-9-5-7-11-18(16)21-19-12-8-6-10-17(19)14-20-13-15(2)3/h6,8,10,12,15-16,18,20H,4-5,7,9,11,13-14H2,1-3H3. The van der Waals surface area contributed by atoms with Gasteiger partial charge in [0.25, 0.3) is 0 Å². The highest BCUT2D eigenvalue weighted by Gasteiger charge is 2.25. The topological polar surface area (TPSA) is 21.3 Å². The molecule has 2 rings (SSSR count). The molecule has 118 valence electrons. The Hall–Kier alpha value is -1.02. The maximum absolute atomic E-state index is 6.41. The van der Waals surface area contributed by atoms with E-state index in [1.165, 1.54) is 37.7 Å². The van der Waals surface area contributed by atoms with Crippen LogP contribution in [0.5, 0.6) is 5.75 Å². The number of nitrogens with one attached hydrogen (secondary N) is 1. The summed E-state index contributed by atoms with van der Waals surface area (Å²) in [6.45, 7) is 8.72. The van der Waals surface area contributed by atoms with Crippen LogP contribution >= 0.6 is 0 Å². The van der Waals surface area contributed by atoms with Gasteiger partial charge < -0.3 is 10.1 Å². The SMILES string of the molecule is CCC1CCCCC1Oc1ccccc1CNCC(C)C. The molecular weight excluding hydrogens is 258 g/mol. The van der Waals surface area contributed by atoms with E-state index in [9.17, 15) is 0 Å². The predicted octanol–water partition coefficient (Wildman–Crippen LogP) is 4.78. The lowest BCUT2D eigenvalue weighted by Gasteiger charge is -2.32. The van der Waals surface area contributed by atoms with Gasteiger partial charge in [-0.2, -0.15) is 0 Å². The smallest absolute Gasteiger partial charge is 0.124 e. The fourth-order valence-electron chi connectivity index (χ4n) is 3.22. The number of benzene rings is 1. The molecule has 1 saturated carbocycles. The van der Waals surface area contributed by atoms with Gasteiger partial charge in [-0.25, -0.2) is 0 Å². The van der Waals surface area contributed by atoms with E-state index >= 15 is 0 Å². The van der Waals surface area contributed by atoms with Gasteiger partial charge in [0.05, 0.1) is 0 Å². The molecule has 1 N–H and O–H groups in total. The van der Waals surface area contributed by atoms with Crippen molar-refractivity contribution < 1.29 is 4.74 Å². The molecule has 2 heteroatoms. The zero-order chi connectivity index (χ0) is 15.1. The minimum absolute atomic E-state index is 0.412. The summed E-state index contributed by atoms with van der Waals surface area (Å²) in [4.78, 5) is 0. The van der Waals surface area contributed by atoms with E-state index < -0.39 is 0 Å². The van der Waals surface area contributed by atoms with Crippen molar-refractivity contribution in [2.24, 2.45) is 11.8 Å². The lowest BCUT2D eigenvalue weighted by molar-refractivity contribution is 0.0893. The van der Waals surface area contributed by atoms with Crippen LogP contribution in [0, 0.1) is 11.8 Å². The Balaban J connectivity index is 1.98. The molecule has 2 atom stereocenters. The molecule has 1 aromatic rings. The third-order valence-corrected chi connectivity index (χ3v) is 4.48. The second-order valence-corrected chi connectivity index (χ2v) is 6.74. The molecule has 1 fully saturated rings. The Labute approximate surface area is 130 Å². The fraction of sp³-hybridized carbons (Fsp3) is 0.684. The largest absolute Gasteiger partial charge is 0.490 e. The summed E-state index contributed by atoms with van der Waals surface area (Å²) in [6, 6.07) is 8.52. The van der Waals surface area contributed by atoms with E-state index in [0.717, 1.165) is 24.8 Å². The van der Waals surface area contributed by atoms with Crippen LogP contribution in [0.1, 0.15) is 58.4 Å². The second-order valence-electron chi connectivity index (χ2n) is 6.74. The van der Waals surface area contributed by atoms with Crippen molar-refractivity contribution in [1.82, 2.24) is 5.32 Å². The zero-order valence-corrected chi connectivity index (χ0v) is 13.9. The number of hydrogen-bond acceptors (Lipinski definition) is 2. The molecule has 0 radical (unpaired) electrons. The molecule has 1 aliphatic carbocycles. The molecule has 0 saturated heterocycles. The number of para-hydroxylation sites is 1. The molecule has 0 heterocycles. The Bertz CT molecular complexity index is 416. The van der Waals surface area contributed by atoms with Gasteiger partial charge in [-0.15, -0.1) is 0 Å². The predicted molar refractivity (Wildman–Crippen MR) is 89.7 cm³/mol. The summed E-state index contributed by atoms with van der Waals surface area (Å²) in [6.07, 6.45) is 6.87. The summed E-state index contributed by atoms with van der Waals surface area (Å²) in [5, 5.41) is 3.52. The van der Waals surface area contributed by atoms with E-state index in [0.29, 0.717) is 12.0 Å².